The highest BCUT2D eigenvalue weighted by Crippen LogP contribution is 2.31. The molecular weight excluding hydrogens is 310 g/mol. The summed E-state index contributed by atoms with van der Waals surface area (Å²) in [6.45, 7) is 7.12. The van der Waals surface area contributed by atoms with E-state index in [0.717, 1.165) is 24.0 Å². The predicted octanol–water partition coefficient (Wildman–Crippen LogP) is 3.95. The third kappa shape index (κ3) is 4.45. The Balaban J connectivity index is 2.41. The molecule has 0 aromatic heterocycles. The van der Waals surface area contributed by atoms with Gasteiger partial charge >= 0.3 is 0 Å². The van der Waals surface area contributed by atoms with E-state index in [-0.39, 0.29) is 5.92 Å². The van der Waals surface area contributed by atoms with Gasteiger partial charge in [0.25, 0.3) is 0 Å². The van der Waals surface area contributed by atoms with Crippen molar-refractivity contribution in [3.05, 3.63) is 36.4 Å². The minimum Gasteiger partial charge on any atom is -0.493 e. The molecule has 23 heavy (non-hydrogen) atoms. The fraction of sp³-hybridized carbons (Fsp3) is 0.444. The molecule has 5 heteroatoms. The molecule has 0 aliphatic carbocycles. The van der Waals surface area contributed by atoms with Gasteiger partial charge in [0.1, 0.15) is 5.75 Å². The lowest BCUT2D eigenvalue weighted by Gasteiger charge is -2.14. The van der Waals surface area contributed by atoms with Crippen LogP contribution in [0.4, 0.5) is 0 Å². The van der Waals surface area contributed by atoms with Crippen molar-refractivity contribution in [2.45, 2.75) is 38.5 Å². The Labute approximate surface area is 138 Å². The summed E-state index contributed by atoms with van der Waals surface area (Å²) >= 11 is 0. The number of sulfonamides is 1. The number of unbranched alkanes of at least 4 members (excludes halogenated alkanes) is 1. The lowest BCUT2D eigenvalue weighted by Crippen LogP contribution is -2.27. The Morgan fingerprint density at radius 2 is 1.78 bits per heavy atom. The SMILES string of the molecule is CCCCOc1ccc(S(=O)(=O)NCC(C)C)c2ccccc12. The van der Waals surface area contributed by atoms with E-state index in [2.05, 4.69) is 11.6 Å². The molecule has 0 bridgehead atoms. The first-order valence-electron chi connectivity index (χ1n) is 8.10. The van der Waals surface area contributed by atoms with Crippen molar-refractivity contribution in [3.8, 4) is 5.75 Å². The largest absolute Gasteiger partial charge is 0.493 e. The van der Waals surface area contributed by atoms with E-state index in [1.54, 1.807) is 12.1 Å². The molecule has 0 aliphatic rings. The predicted molar refractivity (Wildman–Crippen MR) is 94.4 cm³/mol. The summed E-state index contributed by atoms with van der Waals surface area (Å²) in [5.41, 5.74) is 0. The molecule has 0 aliphatic heterocycles. The molecule has 2 aromatic carbocycles. The van der Waals surface area contributed by atoms with Crippen LogP contribution in [0, 0.1) is 5.92 Å². The zero-order valence-electron chi connectivity index (χ0n) is 14.0. The van der Waals surface area contributed by atoms with Crippen molar-refractivity contribution >= 4 is 20.8 Å². The van der Waals surface area contributed by atoms with Gasteiger partial charge in [0.05, 0.1) is 11.5 Å². The van der Waals surface area contributed by atoms with Crippen LogP contribution in [0.25, 0.3) is 10.8 Å². The van der Waals surface area contributed by atoms with Crippen LogP contribution in [0.15, 0.2) is 41.3 Å². The third-order valence-corrected chi connectivity index (χ3v) is 5.05. The van der Waals surface area contributed by atoms with Gasteiger partial charge in [0.15, 0.2) is 0 Å². The molecule has 0 radical (unpaired) electrons. The van der Waals surface area contributed by atoms with Crippen LogP contribution in [0.2, 0.25) is 0 Å². The Morgan fingerprint density at radius 1 is 1.09 bits per heavy atom. The summed E-state index contributed by atoms with van der Waals surface area (Å²) in [5, 5.41) is 1.52. The highest BCUT2D eigenvalue weighted by atomic mass is 32.2. The van der Waals surface area contributed by atoms with E-state index in [1.165, 1.54) is 0 Å². The van der Waals surface area contributed by atoms with E-state index in [9.17, 15) is 8.42 Å². The van der Waals surface area contributed by atoms with Crippen molar-refractivity contribution < 1.29 is 13.2 Å². The Bertz CT molecular complexity index is 754. The molecule has 0 fully saturated rings. The van der Waals surface area contributed by atoms with Crippen LogP contribution in [-0.2, 0) is 10.0 Å². The van der Waals surface area contributed by atoms with Crippen molar-refractivity contribution in [2.24, 2.45) is 5.92 Å². The van der Waals surface area contributed by atoms with Crippen LogP contribution >= 0.6 is 0 Å². The number of ether oxygens (including phenoxy) is 1. The maximum atomic E-state index is 12.6. The van der Waals surface area contributed by atoms with Gasteiger partial charge in [-0.2, -0.15) is 0 Å². The van der Waals surface area contributed by atoms with Crippen LogP contribution in [0.3, 0.4) is 0 Å². The molecule has 1 N–H and O–H groups in total. The fourth-order valence-corrected chi connectivity index (χ4v) is 3.71. The molecule has 0 heterocycles. The normalized spacial score (nSPS) is 12.0. The maximum absolute atomic E-state index is 12.6. The van der Waals surface area contributed by atoms with Gasteiger partial charge < -0.3 is 4.74 Å². The highest BCUT2D eigenvalue weighted by molar-refractivity contribution is 7.89. The highest BCUT2D eigenvalue weighted by Gasteiger charge is 2.19. The Kier molecular flexibility index (Phi) is 6.02. The number of rotatable bonds is 8. The summed E-state index contributed by atoms with van der Waals surface area (Å²) in [5.74, 6) is 0.990. The van der Waals surface area contributed by atoms with Crippen molar-refractivity contribution in [1.82, 2.24) is 4.72 Å². The third-order valence-electron chi connectivity index (χ3n) is 3.57. The summed E-state index contributed by atoms with van der Waals surface area (Å²) in [4.78, 5) is 0.302. The van der Waals surface area contributed by atoms with Crippen LogP contribution in [0.5, 0.6) is 5.75 Å². The molecule has 4 nitrogen and oxygen atoms in total. The molecule has 0 saturated heterocycles. The second-order valence-electron chi connectivity index (χ2n) is 6.06. The second kappa shape index (κ2) is 7.79. The molecule has 0 amide bonds. The lowest BCUT2D eigenvalue weighted by molar-refractivity contribution is 0.313. The van der Waals surface area contributed by atoms with Gasteiger partial charge in [-0.15, -0.1) is 0 Å². The molecule has 0 atom stereocenters. The number of nitrogens with one attached hydrogen (secondary N) is 1. The average Bonchev–Trinajstić information content (AvgIpc) is 2.53. The van der Waals surface area contributed by atoms with E-state index >= 15 is 0 Å². The standard InChI is InChI=1S/C18H25NO3S/c1-4-5-12-22-17-10-11-18(16-9-7-6-8-15(16)17)23(20,21)19-13-14(2)3/h6-11,14,19H,4-5,12-13H2,1-3H3. The van der Waals surface area contributed by atoms with E-state index in [1.807, 2.05) is 38.1 Å². The van der Waals surface area contributed by atoms with Crippen molar-refractivity contribution in [3.63, 3.8) is 0 Å². The minimum atomic E-state index is -3.53. The van der Waals surface area contributed by atoms with E-state index in [4.69, 9.17) is 4.74 Å². The van der Waals surface area contributed by atoms with Crippen LogP contribution < -0.4 is 9.46 Å². The quantitative estimate of drug-likeness (QED) is 0.743. The van der Waals surface area contributed by atoms with Gasteiger partial charge in [-0.3, -0.25) is 0 Å². The summed E-state index contributed by atoms with van der Waals surface area (Å²) in [6.07, 6.45) is 2.04. The van der Waals surface area contributed by atoms with Gasteiger partial charge in [-0.25, -0.2) is 13.1 Å². The number of hydrogen-bond acceptors (Lipinski definition) is 3. The van der Waals surface area contributed by atoms with Crippen LogP contribution in [-0.4, -0.2) is 21.6 Å². The Hall–Kier alpha value is -1.59. The van der Waals surface area contributed by atoms with E-state index in [0.29, 0.717) is 23.4 Å². The first-order valence-corrected chi connectivity index (χ1v) is 9.58. The van der Waals surface area contributed by atoms with Crippen LogP contribution in [0.1, 0.15) is 33.6 Å². The molecule has 0 unspecified atom stereocenters. The molecule has 2 rings (SSSR count). The first-order chi connectivity index (χ1) is 11.0. The second-order valence-corrected chi connectivity index (χ2v) is 7.79. The topological polar surface area (TPSA) is 55.4 Å². The van der Waals surface area contributed by atoms with Crippen molar-refractivity contribution in [1.29, 1.82) is 0 Å². The minimum absolute atomic E-state index is 0.257. The maximum Gasteiger partial charge on any atom is 0.241 e. The number of benzene rings is 2. The monoisotopic (exact) mass is 335 g/mol. The van der Waals surface area contributed by atoms with Gasteiger partial charge in [0.2, 0.25) is 10.0 Å². The fourth-order valence-electron chi connectivity index (χ4n) is 2.28. The van der Waals surface area contributed by atoms with Gasteiger partial charge in [0, 0.05) is 17.3 Å². The van der Waals surface area contributed by atoms with E-state index < -0.39 is 10.0 Å². The number of fused-ring (bicyclic) bond motifs is 1. The van der Waals surface area contributed by atoms with Crippen molar-refractivity contribution in [2.75, 3.05) is 13.2 Å². The summed E-state index contributed by atoms with van der Waals surface area (Å²) in [6, 6.07) is 10.9. The van der Waals surface area contributed by atoms with Gasteiger partial charge in [-0.1, -0.05) is 51.5 Å². The molecule has 126 valence electrons. The molecule has 0 saturated carbocycles. The van der Waals surface area contributed by atoms with Gasteiger partial charge in [-0.05, 0) is 24.5 Å². The number of hydrogen-bond donors (Lipinski definition) is 1. The zero-order chi connectivity index (χ0) is 16.9. The lowest BCUT2D eigenvalue weighted by atomic mass is 10.1. The average molecular weight is 335 g/mol. The molecule has 0 spiro atoms. The smallest absolute Gasteiger partial charge is 0.241 e. The first kappa shape index (κ1) is 17.8. The summed E-state index contributed by atoms with van der Waals surface area (Å²) in [7, 11) is -3.53. The Morgan fingerprint density at radius 3 is 2.43 bits per heavy atom. The summed E-state index contributed by atoms with van der Waals surface area (Å²) < 4.78 is 33.6. The molecular formula is C18H25NO3S. The zero-order valence-corrected chi connectivity index (χ0v) is 14.8. The molecule has 2 aromatic rings.